The van der Waals surface area contributed by atoms with Crippen molar-refractivity contribution in [2.45, 2.75) is 5.16 Å². The number of halogens is 1. The summed E-state index contributed by atoms with van der Waals surface area (Å²) in [7, 11) is 3.69. The van der Waals surface area contributed by atoms with Crippen molar-refractivity contribution in [1.82, 2.24) is 9.97 Å². The first-order valence-corrected chi connectivity index (χ1v) is 8.59. The molecule has 8 heteroatoms. The Morgan fingerprint density at radius 2 is 2.17 bits per heavy atom. The van der Waals surface area contributed by atoms with Crippen LogP contribution < -0.4 is 4.90 Å². The Kier molecular flexibility index (Phi) is 4.68. The summed E-state index contributed by atoms with van der Waals surface area (Å²) in [5, 5.41) is 9.98. The zero-order valence-corrected chi connectivity index (χ0v) is 15.3. The number of aliphatic carboxylic acids is 1. The van der Waals surface area contributed by atoms with Crippen molar-refractivity contribution >= 4 is 56.7 Å². The van der Waals surface area contributed by atoms with Crippen LogP contribution in [-0.4, -0.2) is 35.1 Å². The van der Waals surface area contributed by atoms with E-state index in [9.17, 15) is 9.90 Å². The number of thioether (sulfide) groups is 1. The van der Waals surface area contributed by atoms with Crippen molar-refractivity contribution in [3.8, 4) is 0 Å². The van der Waals surface area contributed by atoms with Gasteiger partial charge in [0.2, 0.25) is 5.88 Å². The lowest BCUT2D eigenvalue weighted by Crippen LogP contribution is -2.07. The molecule has 0 radical (unpaired) electrons. The minimum absolute atomic E-state index is 0.112. The summed E-state index contributed by atoms with van der Waals surface area (Å²) in [5.41, 5.74) is 1.65. The van der Waals surface area contributed by atoms with Gasteiger partial charge in [-0.1, -0.05) is 12.1 Å². The molecule has 0 saturated carbocycles. The second-order valence-electron chi connectivity index (χ2n) is 5.17. The Labute approximate surface area is 150 Å². The first-order valence-electron chi connectivity index (χ1n) is 6.98. The van der Waals surface area contributed by atoms with Gasteiger partial charge in [-0.15, -0.1) is 0 Å². The van der Waals surface area contributed by atoms with E-state index >= 15 is 0 Å². The van der Waals surface area contributed by atoms with Crippen LogP contribution in [0.3, 0.4) is 0 Å². The number of H-pyrrole nitrogens is 1. The molecule has 0 fully saturated rings. The number of hydrogen-bond donors (Lipinski definition) is 2. The molecule has 6 nitrogen and oxygen atoms in total. The van der Waals surface area contributed by atoms with E-state index in [4.69, 9.17) is 4.42 Å². The normalized spacial score (nSPS) is 11.9. The van der Waals surface area contributed by atoms with Gasteiger partial charge >= 0.3 is 5.97 Å². The molecule has 124 valence electrons. The van der Waals surface area contributed by atoms with Gasteiger partial charge in [-0.25, -0.2) is 9.78 Å². The number of benzene rings is 1. The number of aromatic amines is 1. The molecular weight excluding hydrogens is 394 g/mol. The van der Waals surface area contributed by atoms with Crippen LogP contribution in [0.5, 0.6) is 0 Å². The van der Waals surface area contributed by atoms with Gasteiger partial charge in [-0.3, -0.25) is 0 Å². The van der Waals surface area contributed by atoms with E-state index in [-0.39, 0.29) is 4.91 Å². The number of hydrogen-bond acceptors (Lipinski definition) is 5. The van der Waals surface area contributed by atoms with Crippen LogP contribution in [0.1, 0.15) is 5.76 Å². The number of nitrogens with zero attached hydrogens (tertiary/aromatic N) is 2. The van der Waals surface area contributed by atoms with Crippen molar-refractivity contribution in [3.63, 3.8) is 0 Å². The quantitative estimate of drug-likeness (QED) is 0.487. The van der Waals surface area contributed by atoms with E-state index in [0.29, 0.717) is 16.8 Å². The smallest absolute Gasteiger partial charge is 0.342 e. The Balaban J connectivity index is 1.92. The summed E-state index contributed by atoms with van der Waals surface area (Å²) in [6.07, 6.45) is 1.48. The van der Waals surface area contributed by atoms with Crippen LogP contribution in [0.2, 0.25) is 0 Å². The van der Waals surface area contributed by atoms with Gasteiger partial charge < -0.3 is 19.4 Å². The molecule has 0 aliphatic heterocycles. The number of carboxylic acid groups (broad SMARTS) is 1. The second kappa shape index (κ2) is 6.74. The number of anilines is 1. The Morgan fingerprint density at radius 1 is 1.42 bits per heavy atom. The predicted octanol–water partition coefficient (Wildman–Crippen LogP) is 4.20. The van der Waals surface area contributed by atoms with Crippen LogP contribution in [0.15, 0.2) is 49.3 Å². The summed E-state index contributed by atoms with van der Waals surface area (Å²) in [4.78, 5) is 20.9. The number of carboxylic acids is 1. The molecule has 3 rings (SSSR count). The first kappa shape index (κ1) is 16.7. The summed E-state index contributed by atoms with van der Waals surface area (Å²) in [5.74, 6) is 0.0330. The van der Waals surface area contributed by atoms with Crippen LogP contribution in [-0.2, 0) is 4.79 Å². The van der Waals surface area contributed by atoms with E-state index in [0.717, 1.165) is 27.3 Å². The summed E-state index contributed by atoms with van der Waals surface area (Å²) in [6.45, 7) is 0. The fourth-order valence-electron chi connectivity index (χ4n) is 2.10. The second-order valence-corrected chi connectivity index (χ2v) is 7.06. The number of nitrogens with one attached hydrogen (secondary N) is 1. The van der Waals surface area contributed by atoms with Gasteiger partial charge in [0.05, 0.1) is 15.5 Å². The van der Waals surface area contributed by atoms with Crippen molar-refractivity contribution in [2.75, 3.05) is 19.0 Å². The topological polar surface area (TPSA) is 82.4 Å². The number of carbonyl (C=O) groups is 1. The fraction of sp³-hybridized carbons (Fsp3) is 0.125. The van der Waals surface area contributed by atoms with E-state index in [1.54, 1.807) is 11.0 Å². The number of aromatic nitrogens is 2. The van der Waals surface area contributed by atoms with Crippen molar-refractivity contribution in [3.05, 3.63) is 45.5 Å². The molecular formula is C16H14BrN3O3S. The number of rotatable bonds is 5. The molecule has 1 aromatic carbocycles. The van der Waals surface area contributed by atoms with Gasteiger partial charge in [0.1, 0.15) is 10.7 Å². The maximum atomic E-state index is 11.6. The van der Waals surface area contributed by atoms with Gasteiger partial charge in [-0.2, -0.15) is 0 Å². The average Bonchev–Trinajstić information content (AvgIpc) is 3.09. The van der Waals surface area contributed by atoms with E-state index in [2.05, 4.69) is 25.9 Å². The first-order chi connectivity index (χ1) is 11.4. The highest BCUT2D eigenvalue weighted by atomic mass is 79.9. The van der Waals surface area contributed by atoms with Gasteiger partial charge in [0.25, 0.3) is 0 Å². The fourth-order valence-corrected chi connectivity index (χ4v) is 3.54. The predicted molar refractivity (Wildman–Crippen MR) is 98.3 cm³/mol. The van der Waals surface area contributed by atoms with Crippen LogP contribution in [0.25, 0.3) is 17.1 Å². The maximum absolute atomic E-state index is 11.6. The van der Waals surface area contributed by atoms with E-state index in [1.807, 2.05) is 38.4 Å². The maximum Gasteiger partial charge on any atom is 0.342 e. The third-order valence-electron chi connectivity index (χ3n) is 3.15. The molecule has 0 atom stereocenters. The lowest BCUT2D eigenvalue weighted by Gasteiger charge is -2.07. The molecule has 2 N–H and O–H groups in total. The highest BCUT2D eigenvalue weighted by Crippen LogP contribution is 2.33. The Morgan fingerprint density at radius 3 is 2.79 bits per heavy atom. The summed E-state index contributed by atoms with van der Waals surface area (Å²) in [6, 6.07) is 9.27. The van der Waals surface area contributed by atoms with E-state index < -0.39 is 5.97 Å². The van der Waals surface area contributed by atoms with Gasteiger partial charge in [0, 0.05) is 26.2 Å². The number of fused-ring (bicyclic) bond motifs is 1. The molecule has 0 unspecified atom stereocenters. The van der Waals surface area contributed by atoms with Gasteiger partial charge in [0.15, 0.2) is 5.16 Å². The molecule has 0 bridgehead atoms. The molecule has 0 aliphatic carbocycles. The molecule has 0 amide bonds. The zero-order chi connectivity index (χ0) is 17.3. The molecule has 3 aromatic rings. The zero-order valence-electron chi connectivity index (χ0n) is 12.9. The Bertz CT molecular complexity index is 897. The van der Waals surface area contributed by atoms with Crippen LogP contribution in [0.4, 0.5) is 5.88 Å². The monoisotopic (exact) mass is 407 g/mol. The van der Waals surface area contributed by atoms with Crippen LogP contribution >= 0.6 is 27.7 Å². The minimum atomic E-state index is -1.04. The SMILES string of the molecule is CN(C)c1oc(/C=C(\Sc2nc3ccccc3[nH]2)C(=O)O)cc1Br. The summed E-state index contributed by atoms with van der Waals surface area (Å²) >= 11 is 4.44. The van der Waals surface area contributed by atoms with Crippen molar-refractivity contribution in [1.29, 1.82) is 0 Å². The molecule has 2 aromatic heterocycles. The number of imidazole rings is 1. The summed E-state index contributed by atoms with van der Waals surface area (Å²) < 4.78 is 6.41. The molecule has 24 heavy (non-hydrogen) atoms. The van der Waals surface area contributed by atoms with E-state index in [1.165, 1.54) is 6.08 Å². The highest BCUT2D eigenvalue weighted by molar-refractivity contribution is 9.10. The minimum Gasteiger partial charge on any atom is -0.477 e. The van der Waals surface area contributed by atoms with Crippen LogP contribution in [0, 0.1) is 0 Å². The lowest BCUT2D eigenvalue weighted by molar-refractivity contribution is -0.131. The third kappa shape index (κ3) is 3.49. The molecule has 2 heterocycles. The Hall–Kier alpha value is -2.19. The van der Waals surface area contributed by atoms with Gasteiger partial charge in [-0.05, 0) is 39.8 Å². The van der Waals surface area contributed by atoms with Crippen molar-refractivity contribution in [2.24, 2.45) is 0 Å². The van der Waals surface area contributed by atoms with Crippen molar-refractivity contribution < 1.29 is 14.3 Å². The molecule has 0 aliphatic rings. The highest BCUT2D eigenvalue weighted by Gasteiger charge is 2.16. The average molecular weight is 408 g/mol. The number of furan rings is 1. The lowest BCUT2D eigenvalue weighted by atomic mass is 10.3. The number of para-hydroxylation sites is 2. The third-order valence-corrected chi connectivity index (χ3v) is 4.62. The molecule has 0 spiro atoms. The standard InChI is InChI=1S/C16H14BrN3O3S/c1-20(2)14-10(17)7-9(23-14)8-13(15(21)22)24-16-18-11-5-3-4-6-12(11)19-16/h3-8H,1-2H3,(H,18,19)(H,21,22)/b13-8-. The largest absolute Gasteiger partial charge is 0.477 e. The molecule has 0 saturated heterocycles.